The molecule has 0 unspecified atom stereocenters. The molecule has 17 heavy (non-hydrogen) atoms. The summed E-state index contributed by atoms with van der Waals surface area (Å²) < 4.78 is 0. The van der Waals surface area contributed by atoms with Gasteiger partial charge in [0.25, 0.3) is 5.91 Å². The highest BCUT2D eigenvalue weighted by atomic mass is 79.9. The van der Waals surface area contributed by atoms with Crippen molar-refractivity contribution >= 4 is 33.4 Å². The number of amides is 2. The van der Waals surface area contributed by atoms with E-state index in [2.05, 4.69) is 26.6 Å². The third-order valence-electron chi connectivity index (χ3n) is 1.99. The second-order valence-corrected chi connectivity index (χ2v) is 4.42. The molecule has 5 heteroatoms. The summed E-state index contributed by atoms with van der Waals surface area (Å²) in [6, 6.07) is 6.98. The monoisotopic (exact) mass is 298 g/mol. The fourth-order valence-corrected chi connectivity index (χ4v) is 1.45. The molecule has 2 N–H and O–H groups in total. The minimum atomic E-state index is -0.189. The van der Waals surface area contributed by atoms with Gasteiger partial charge in [-0.2, -0.15) is 0 Å². The van der Waals surface area contributed by atoms with Crippen LogP contribution in [-0.2, 0) is 4.79 Å². The predicted molar refractivity (Wildman–Crippen MR) is 71.5 cm³/mol. The molecule has 0 aliphatic rings. The Labute approximate surface area is 109 Å². The van der Waals surface area contributed by atoms with E-state index in [9.17, 15) is 9.59 Å². The first-order chi connectivity index (χ1) is 8.04. The van der Waals surface area contributed by atoms with Gasteiger partial charge in [-0.3, -0.25) is 9.59 Å². The highest BCUT2D eigenvalue weighted by molar-refractivity contribution is 9.09. The van der Waals surface area contributed by atoms with Gasteiger partial charge in [-0.15, -0.1) is 0 Å². The van der Waals surface area contributed by atoms with Crippen molar-refractivity contribution in [2.45, 2.75) is 19.9 Å². The Morgan fingerprint density at radius 3 is 2.53 bits per heavy atom. The number of nitrogens with one attached hydrogen (secondary N) is 2. The summed E-state index contributed by atoms with van der Waals surface area (Å²) in [7, 11) is 0. The first-order valence-electron chi connectivity index (χ1n) is 5.30. The molecule has 0 spiro atoms. The maximum Gasteiger partial charge on any atom is 0.253 e. The number of halogens is 1. The van der Waals surface area contributed by atoms with Crippen LogP contribution in [0.25, 0.3) is 0 Å². The van der Waals surface area contributed by atoms with Gasteiger partial charge in [0.15, 0.2) is 0 Å². The van der Waals surface area contributed by atoms with E-state index < -0.39 is 0 Å². The fraction of sp³-hybridized carbons (Fsp3) is 0.333. The Hall–Kier alpha value is -1.36. The van der Waals surface area contributed by atoms with Gasteiger partial charge in [0.1, 0.15) is 0 Å². The summed E-state index contributed by atoms with van der Waals surface area (Å²) in [6.07, 6.45) is 0. The maximum absolute atomic E-state index is 11.9. The van der Waals surface area contributed by atoms with Crippen molar-refractivity contribution in [2.75, 3.05) is 10.6 Å². The number of rotatable bonds is 4. The van der Waals surface area contributed by atoms with Crippen molar-refractivity contribution in [1.29, 1.82) is 0 Å². The highest BCUT2D eigenvalue weighted by Crippen LogP contribution is 2.15. The molecule has 0 radical (unpaired) electrons. The van der Waals surface area contributed by atoms with E-state index in [1.807, 2.05) is 13.8 Å². The lowest BCUT2D eigenvalue weighted by molar-refractivity contribution is -0.113. The molecule has 0 atom stereocenters. The Balaban J connectivity index is 2.91. The van der Waals surface area contributed by atoms with E-state index in [0.29, 0.717) is 11.3 Å². The number of hydrogen-bond donors (Lipinski definition) is 2. The van der Waals surface area contributed by atoms with E-state index in [0.717, 1.165) is 0 Å². The van der Waals surface area contributed by atoms with Gasteiger partial charge in [-0.05, 0) is 26.0 Å². The van der Waals surface area contributed by atoms with Gasteiger partial charge in [-0.25, -0.2) is 0 Å². The number of benzene rings is 1. The minimum Gasteiger partial charge on any atom is -0.350 e. The molecule has 2 amide bonds. The number of carbonyl (C=O) groups is 2. The van der Waals surface area contributed by atoms with Gasteiger partial charge in [0.2, 0.25) is 5.91 Å². The molecule has 0 saturated heterocycles. The Morgan fingerprint density at radius 1 is 1.29 bits per heavy atom. The Kier molecular flexibility index (Phi) is 5.15. The van der Waals surface area contributed by atoms with Crippen LogP contribution in [0.2, 0.25) is 0 Å². The van der Waals surface area contributed by atoms with Crippen molar-refractivity contribution in [3.05, 3.63) is 29.8 Å². The summed E-state index contributed by atoms with van der Waals surface area (Å²) in [5.74, 6) is -0.375. The normalized spacial score (nSPS) is 10.1. The number of anilines is 1. The zero-order valence-corrected chi connectivity index (χ0v) is 11.4. The van der Waals surface area contributed by atoms with Crippen molar-refractivity contribution in [1.82, 2.24) is 5.32 Å². The van der Waals surface area contributed by atoms with Crippen LogP contribution in [0.1, 0.15) is 24.2 Å². The average molecular weight is 299 g/mol. The molecule has 0 saturated carbocycles. The molecular formula is C12H15BrN2O2. The number of alkyl halides is 1. The van der Waals surface area contributed by atoms with Gasteiger partial charge < -0.3 is 10.6 Å². The molecule has 4 nitrogen and oxygen atoms in total. The largest absolute Gasteiger partial charge is 0.350 e. The van der Waals surface area contributed by atoms with E-state index >= 15 is 0 Å². The van der Waals surface area contributed by atoms with E-state index in [1.54, 1.807) is 24.3 Å². The van der Waals surface area contributed by atoms with E-state index in [4.69, 9.17) is 0 Å². The van der Waals surface area contributed by atoms with Crippen molar-refractivity contribution in [2.24, 2.45) is 0 Å². The summed E-state index contributed by atoms with van der Waals surface area (Å²) in [4.78, 5) is 23.2. The number of carbonyl (C=O) groups excluding carboxylic acids is 2. The Morgan fingerprint density at radius 2 is 1.94 bits per heavy atom. The fourth-order valence-electron chi connectivity index (χ4n) is 1.31. The molecule has 0 aromatic heterocycles. The maximum atomic E-state index is 11.9. The molecule has 1 rings (SSSR count). The smallest absolute Gasteiger partial charge is 0.253 e. The minimum absolute atomic E-state index is 0.0578. The lowest BCUT2D eigenvalue weighted by Crippen LogP contribution is -2.31. The molecule has 0 aliphatic heterocycles. The molecule has 92 valence electrons. The zero-order valence-electron chi connectivity index (χ0n) is 9.79. The summed E-state index contributed by atoms with van der Waals surface area (Å²) in [5.41, 5.74) is 0.991. The van der Waals surface area contributed by atoms with Gasteiger partial charge in [0, 0.05) is 6.04 Å². The van der Waals surface area contributed by atoms with Crippen LogP contribution in [0.4, 0.5) is 5.69 Å². The highest BCUT2D eigenvalue weighted by Gasteiger charge is 2.12. The number of para-hydroxylation sites is 1. The second kappa shape index (κ2) is 6.39. The van der Waals surface area contributed by atoms with Crippen molar-refractivity contribution in [3.63, 3.8) is 0 Å². The zero-order chi connectivity index (χ0) is 12.8. The van der Waals surface area contributed by atoms with Crippen molar-refractivity contribution in [3.8, 4) is 0 Å². The van der Waals surface area contributed by atoms with Gasteiger partial charge in [-0.1, -0.05) is 28.1 Å². The first kappa shape index (κ1) is 13.7. The molecule has 1 aromatic carbocycles. The van der Waals surface area contributed by atoms with Gasteiger partial charge >= 0.3 is 0 Å². The second-order valence-electron chi connectivity index (χ2n) is 3.86. The van der Waals surface area contributed by atoms with Crippen LogP contribution in [0.3, 0.4) is 0 Å². The molecule has 0 heterocycles. The van der Waals surface area contributed by atoms with Gasteiger partial charge in [0.05, 0.1) is 16.6 Å². The summed E-state index contributed by atoms with van der Waals surface area (Å²) in [6.45, 7) is 3.77. The molecule has 0 aliphatic carbocycles. The third-order valence-corrected chi connectivity index (χ3v) is 2.50. The SMILES string of the molecule is CC(C)NC(=O)c1ccccc1NC(=O)CBr. The molecule has 0 bridgehead atoms. The van der Waals surface area contributed by atoms with Crippen LogP contribution in [0, 0.1) is 0 Å². The van der Waals surface area contributed by atoms with Crippen LogP contribution >= 0.6 is 15.9 Å². The van der Waals surface area contributed by atoms with E-state index in [-0.39, 0.29) is 23.2 Å². The first-order valence-corrected chi connectivity index (χ1v) is 6.42. The standard InChI is InChI=1S/C12H15BrN2O2/c1-8(2)14-12(17)9-5-3-4-6-10(9)15-11(16)7-13/h3-6,8H,7H2,1-2H3,(H,14,17)(H,15,16). The lowest BCUT2D eigenvalue weighted by Gasteiger charge is -2.12. The molecule has 1 aromatic rings. The number of hydrogen-bond acceptors (Lipinski definition) is 2. The third kappa shape index (κ3) is 4.19. The predicted octanol–water partition coefficient (Wildman–Crippen LogP) is 2.16. The topological polar surface area (TPSA) is 58.2 Å². The quantitative estimate of drug-likeness (QED) is 0.837. The Bertz CT molecular complexity index is 419. The van der Waals surface area contributed by atoms with E-state index in [1.165, 1.54) is 0 Å². The molecule has 0 fully saturated rings. The van der Waals surface area contributed by atoms with Crippen LogP contribution in [-0.4, -0.2) is 23.2 Å². The van der Waals surface area contributed by atoms with Crippen molar-refractivity contribution < 1.29 is 9.59 Å². The van der Waals surface area contributed by atoms with Crippen LogP contribution in [0.15, 0.2) is 24.3 Å². The lowest BCUT2D eigenvalue weighted by atomic mass is 10.1. The van der Waals surface area contributed by atoms with Crippen LogP contribution < -0.4 is 10.6 Å². The average Bonchev–Trinajstić information content (AvgIpc) is 2.28. The summed E-state index contributed by atoms with van der Waals surface area (Å²) in [5, 5.41) is 5.66. The summed E-state index contributed by atoms with van der Waals surface area (Å²) >= 11 is 3.06. The molecular weight excluding hydrogens is 284 g/mol. The van der Waals surface area contributed by atoms with Crippen LogP contribution in [0.5, 0.6) is 0 Å².